The number of hydrogen-bond donors (Lipinski definition) is 0. The fraction of sp³-hybridized carbons (Fsp3) is 1.00. The van der Waals surface area contributed by atoms with Crippen LogP contribution in [0.2, 0.25) is 5.82 Å². The summed E-state index contributed by atoms with van der Waals surface area (Å²) < 4.78 is 12.5. The van der Waals surface area contributed by atoms with Gasteiger partial charge in [-0.2, -0.15) is 0 Å². The van der Waals surface area contributed by atoms with E-state index in [1.807, 2.05) is 0 Å². The van der Waals surface area contributed by atoms with E-state index >= 15 is 0 Å². The van der Waals surface area contributed by atoms with Gasteiger partial charge in [-0.25, -0.2) is 0 Å². The van der Waals surface area contributed by atoms with Crippen LogP contribution in [0, 0.1) is 11.8 Å². The van der Waals surface area contributed by atoms with E-state index < -0.39 is 0 Å². The van der Waals surface area contributed by atoms with Crippen LogP contribution in [-0.4, -0.2) is 18.3 Å². The van der Waals surface area contributed by atoms with E-state index in [9.17, 15) is 0 Å². The van der Waals surface area contributed by atoms with Gasteiger partial charge in [0, 0.05) is 0 Å². The van der Waals surface area contributed by atoms with Crippen molar-refractivity contribution in [1.29, 1.82) is 0 Å². The Morgan fingerprint density at radius 3 is 2.11 bits per heavy atom. The lowest BCUT2D eigenvalue weighted by atomic mass is 9.60. The Morgan fingerprint density at radius 1 is 0.833 bits per heavy atom. The molecule has 0 N–H and O–H groups in total. The number of hydrogen-bond acceptors (Lipinski definition) is 2. The van der Waals surface area contributed by atoms with Crippen molar-refractivity contribution in [2.75, 3.05) is 0 Å². The minimum absolute atomic E-state index is 0.0385. The van der Waals surface area contributed by atoms with Gasteiger partial charge in [-0.1, -0.05) is 32.1 Å². The smallest absolute Gasteiger partial charge is 0.403 e. The highest BCUT2D eigenvalue weighted by atomic mass is 16.7. The second-order valence-electron chi connectivity index (χ2n) is 7.65. The lowest BCUT2D eigenvalue weighted by Crippen LogP contribution is -2.41. The summed E-state index contributed by atoms with van der Waals surface area (Å²) >= 11 is 0. The summed E-state index contributed by atoms with van der Waals surface area (Å²) in [7, 11) is 0.0385. The van der Waals surface area contributed by atoms with Crippen molar-refractivity contribution in [3.05, 3.63) is 0 Å². The molecule has 3 rings (SSSR count). The third-order valence-electron chi connectivity index (χ3n) is 5.99. The Bertz CT molecular complexity index is 310. The SMILES string of the molecule is CC1(C)OB(C2CCC3CCCC3C2)OC1(C)C. The van der Waals surface area contributed by atoms with Crippen molar-refractivity contribution in [3.63, 3.8) is 0 Å². The van der Waals surface area contributed by atoms with Crippen molar-refractivity contribution in [2.24, 2.45) is 11.8 Å². The molecule has 1 aliphatic heterocycles. The molecule has 2 nitrogen and oxygen atoms in total. The summed E-state index contributed by atoms with van der Waals surface area (Å²) in [6, 6.07) is 0. The largest absolute Gasteiger partial charge is 0.461 e. The maximum atomic E-state index is 6.23. The zero-order valence-corrected chi connectivity index (χ0v) is 12.4. The first-order valence-electron chi connectivity index (χ1n) is 7.75. The van der Waals surface area contributed by atoms with Crippen LogP contribution in [0.15, 0.2) is 0 Å². The highest BCUT2D eigenvalue weighted by molar-refractivity contribution is 6.47. The third-order valence-corrected chi connectivity index (χ3v) is 5.99. The second-order valence-corrected chi connectivity index (χ2v) is 7.65. The topological polar surface area (TPSA) is 18.5 Å². The van der Waals surface area contributed by atoms with Gasteiger partial charge in [-0.15, -0.1) is 0 Å². The van der Waals surface area contributed by atoms with Gasteiger partial charge < -0.3 is 9.31 Å². The molecule has 0 radical (unpaired) electrons. The Kier molecular flexibility index (Phi) is 3.06. The summed E-state index contributed by atoms with van der Waals surface area (Å²) in [6.07, 6.45) is 8.41. The van der Waals surface area contributed by atoms with Crippen LogP contribution in [-0.2, 0) is 9.31 Å². The van der Waals surface area contributed by atoms with Crippen molar-refractivity contribution in [3.8, 4) is 0 Å². The van der Waals surface area contributed by atoms with Gasteiger partial charge in [-0.05, 0) is 51.8 Å². The zero-order valence-electron chi connectivity index (χ0n) is 12.4. The van der Waals surface area contributed by atoms with E-state index in [-0.39, 0.29) is 18.3 Å². The maximum Gasteiger partial charge on any atom is 0.461 e. The quantitative estimate of drug-likeness (QED) is 0.653. The molecular formula is C15H27BO2. The molecule has 3 fully saturated rings. The molecule has 102 valence electrons. The van der Waals surface area contributed by atoms with Gasteiger partial charge in [0.05, 0.1) is 11.2 Å². The number of rotatable bonds is 1. The summed E-state index contributed by atoms with van der Waals surface area (Å²) in [5.74, 6) is 2.61. The first kappa shape index (κ1) is 13.0. The van der Waals surface area contributed by atoms with Crippen LogP contribution in [0.1, 0.15) is 66.2 Å². The van der Waals surface area contributed by atoms with Gasteiger partial charge in [-0.3, -0.25) is 0 Å². The third kappa shape index (κ3) is 2.04. The molecule has 0 spiro atoms. The molecule has 3 aliphatic rings. The van der Waals surface area contributed by atoms with E-state index in [4.69, 9.17) is 9.31 Å². The van der Waals surface area contributed by atoms with E-state index in [1.54, 1.807) is 0 Å². The maximum absolute atomic E-state index is 6.23. The van der Waals surface area contributed by atoms with Crippen LogP contribution in [0.25, 0.3) is 0 Å². The van der Waals surface area contributed by atoms with E-state index in [1.165, 1.54) is 38.5 Å². The average Bonchev–Trinajstić information content (AvgIpc) is 2.80. The molecule has 1 heterocycles. The van der Waals surface area contributed by atoms with Gasteiger partial charge in [0.1, 0.15) is 0 Å². The fourth-order valence-electron chi connectivity index (χ4n) is 4.07. The highest BCUT2D eigenvalue weighted by Crippen LogP contribution is 2.50. The molecule has 0 aromatic heterocycles. The predicted octanol–water partition coefficient (Wildman–Crippen LogP) is 4.05. The van der Waals surface area contributed by atoms with Gasteiger partial charge in [0.25, 0.3) is 0 Å². The van der Waals surface area contributed by atoms with Crippen LogP contribution >= 0.6 is 0 Å². The Hall–Kier alpha value is -0.0151. The lowest BCUT2D eigenvalue weighted by Gasteiger charge is -2.32. The van der Waals surface area contributed by atoms with Crippen molar-refractivity contribution >= 4 is 7.12 Å². The van der Waals surface area contributed by atoms with Crippen molar-refractivity contribution < 1.29 is 9.31 Å². The molecule has 0 amide bonds. The van der Waals surface area contributed by atoms with Crippen LogP contribution in [0.5, 0.6) is 0 Å². The Labute approximate surface area is 112 Å². The molecule has 3 heteroatoms. The molecule has 3 unspecified atom stereocenters. The lowest BCUT2D eigenvalue weighted by molar-refractivity contribution is 0.00578. The summed E-state index contributed by atoms with van der Waals surface area (Å²) in [6.45, 7) is 8.64. The predicted molar refractivity (Wildman–Crippen MR) is 74.5 cm³/mol. The summed E-state index contributed by atoms with van der Waals surface area (Å²) in [5, 5.41) is 0. The normalized spacial score (nSPS) is 42.0. The monoisotopic (exact) mass is 250 g/mol. The molecule has 2 aliphatic carbocycles. The average molecular weight is 250 g/mol. The molecular weight excluding hydrogens is 223 g/mol. The number of fused-ring (bicyclic) bond motifs is 1. The summed E-state index contributed by atoms with van der Waals surface area (Å²) in [5.41, 5.74) is -0.325. The standard InChI is InChI=1S/C15H27BO2/c1-14(2)15(3,4)18-16(17-14)13-9-8-11-6-5-7-12(11)10-13/h11-13H,5-10H2,1-4H3. The summed E-state index contributed by atoms with van der Waals surface area (Å²) in [4.78, 5) is 0. The van der Waals surface area contributed by atoms with Gasteiger partial charge in [0.2, 0.25) is 0 Å². The van der Waals surface area contributed by atoms with Crippen LogP contribution in [0.3, 0.4) is 0 Å². The second kappa shape index (κ2) is 4.24. The molecule has 3 atom stereocenters. The van der Waals surface area contributed by atoms with Gasteiger partial charge >= 0.3 is 7.12 Å². The van der Waals surface area contributed by atoms with E-state index in [0.717, 1.165) is 11.8 Å². The molecule has 0 aromatic rings. The van der Waals surface area contributed by atoms with Crippen LogP contribution in [0.4, 0.5) is 0 Å². The van der Waals surface area contributed by atoms with Crippen molar-refractivity contribution in [2.45, 2.75) is 83.2 Å². The van der Waals surface area contributed by atoms with Gasteiger partial charge in [0.15, 0.2) is 0 Å². The minimum atomic E-state index is -0.163. The van der Waals surface area contributed by atoms with Crippen LogP contribution < -0.4 is 0 Å². The molecule has 2 saturated carbocycles. The molecule has 1 saturated heterocycles. The molecule has 0 bridgehead atoms. The first-order valence-corrected chi connectivity index (χ1v) is 7.75. The Morgan fingerprint density at radius 2 is 1.44 bits per heavy atom. The molecule has 18 heavy (non-hydrogen) atoms. The zero-order chi connectivity index (χ0) is 13.0. The highest BCUT2D eigenvalue weighted by Gasteiger charge is 2.54. The fourth-order valence-corrected chi connectivity index (χ4v) is 4.07. The first-order chi connectivity index (χ1) is 8.39. The van der Waals surface area contributed by atoms with Crippen molar-refractivity contribution in [1.82, 2.24) is 0 Å². The molecule has 0 aromatic carbocycles. The van der Waals surface area contributed by atoms with E-state index in [0.29, 0.717) is 5.82 Å². The Balaban J connectivity index is 1.67. The minimum Gasteiger partial charge on any atom is -0.403 e. The van der Waals surface area contributed by atoms with E-state index in [2.05, 4.69) is 27.7 Å².